The number of fused-ring (bicyclic) bond motifs is 1. The fourth-order valence-corrected chi connectivity index (χ4v) is 3.64. The molecule has 0 radical (unpaired) electrons. The molecule has 1 fully saturated rings. The number of carbonyl (C=O) groups excluding carboxylic acids is 1. The predicted molar refractivity (Wildman–Crippen MR) is 93.5 cm³/mol. The van der Waals surface area contributed by atoms with E-state index in [2.05, 4.69) is 20.6 Å². The standard InChI is InChI=1S/C17H19N5OS/c1-10-4-3-5-11(2)15(10)18-13(23)8-9-14-21-22-16(12-6-7-12)19-20-17(22)24-14/h3-5,12H,6-9H2,1-2H3,(H,18,23). The molecule has 0 aliphatic heterocycles. The van der Waals surface area contributed by atoms with Crippen LogP contribution in [0.15, 0.2) is 18.2 Å². The highest BCUT2D eigenvalue weighted by Gasteiger charge is 2.30. The van der Waals surface area contributed by atoms with Crippen LogP contribution in [0.4, 0.5) is 5.69 Å². The highest BCUT2D eigenvalue weighted by molar-refractivity contribution is 7.16. The largest absolute Gasteiger partial charge is 0.326 e. The van der Waals surface area contributed by atoms with Gasteiger partial charge in [-0.3, -0.25) is 4.79 Å². The van der Waals surface area contributed by atoms with E-state index in [4.69, 9.17) is 0 Å². The van der Waals surface area contributed by atoms with E-state index in [1.54, 1.807) is 0 Å². The van der Waals surface area contributed by atoms with Crippen LogP contribution in [0, 0.1) is 13.8 Å². The number of nitrogens with zero attached hydrogens (tertiary/aromatic N) is 4. The summed E-state index contributed by atoms with van der Waals surface area (Å²) in [5.74, 6) is 1.50. The average molecular weight is 341 g/mol. The summed E-state index contributed by atoms with van der Waals surface area (Å²) in [6, 6.07) is 6.01. The molecule has 2 aromatic heterocycles. The van der Waals surface area contributed by atoms with Crippen molar-refractivity contribution < 1.29 is 4.79 Å². The lowest BCUT2D eigenvalue weighted by atomic mass is 10.1. The second-order valence-electron chi connectivity index (χ2n) is 6.34. The second kappa shape index (κ2) is 5.98. The molecule has 0 atom stereocenters. The highest BCUT2D eigenvalue weighted by Crippen LogP contribution is 2.39. The Hall–Kier alpha value is -2.28. The van der Waals surface area contributed by atoms with Gasteiger partial charge in [0.1, 0.15) is 5.01 Å². The molecule has 124 valence electrons. The van der Waals surface area contributed by atoms with Gasteiger partial charge in [0.25, 0.3) is 0 Å². The van der Waals surface area contributed by atoms with Gasteiger partial charge in [0.2, 0.25) is 10.9 Å². The number of para-hydroxylation sites is 1. The molecule has 6 nitrogen and oxygen atoms in total. The van der Waals surface area contributed by atoms with Crippen molar-refractivity contribution in [1.29, 1.82) is 0 Å². The Labute approximate surface area is 143 Å². The SMILES string of the molecule is Cc1cccc(C)c1NC(=O)CCc1nn2c(C3CC3)nnc2s1. The van der Waals surface area contributed by atoms with Crippen LogP contribution in [0.2, 0.25) is 0 Å². The Bertz CT molecular complexity index is 889. The first-order valence-electron chi connectivity index (χ1n) is 8.19. The molecule has 1 aliphatic rings. The van der Waals surface area contributed by atoms with Gasteiger partial charge in [-0.25, -0.2) is 0 Å². The summed E-state index contributed by atoms with van der Waals surface area (Å²) in [6.07, 6.45) is 3.38. The van der Waals surface area contributed by atoms with E-state index in [0.717, 1.165) is 32.6 Å². The summed E-state index contributed by atoms with van der Waals surface area (Å²) in [6.45, 7) is 4.01. The van der Waals surface area contributed by atoms with E-state index < -0.39 is 0 Å². The van der Waals surface area contributed by atoms with Gasteiger partial charge in [0.15, 0.2) is 5.82 Å². The Morgan fingerprint density at radius 3 is 2.75 bits per heavy atom. The normalized spacial score (nSPS) is 14.2. The number of anilines is 1. The van der Waals surface area contributed by atoms with Crippen LogP contribution in [0.3, 0.4) is 0 Å². The highest BCUT2D eigenvalue weighted by atomic mass is 32.1. The quantitative estimate of drug-likeness (QED) is 0.773. The minimum absolute atomic E-state index is 0.0146. The molecule has 2 heterocycles. The van der Waals surface area contributed by atoms with Crippen LogP contribution in [0.5, 0.6) is 0 Å². The number of hydrogen-bond acceptors (Lipinski definition) is 5. The number of amides is 1. The zero-order valence-corrected chi connectivity index (χ0v) is 14.6. The maximum atomic E-state index is 12.3. The molecule has 1 saturated carbocycles. The number of hydrogen-bond donors (Lipinski definition) is 1. The van der Waals surface area contributed by atoms with Crippen LogP contribution in [0.1, 0.15) is 47.1 Å². The van der Waals surface area contributed by atoms with Crippen LogP contribution in [-0.2, 0) is 11.2 Å². The molecular weight excluding hydrogens is 322 g/mol. The van der Waals surface area contributed by atoms with Gasteiger partial charge in [0, 0.05) is 24.4 Å². The number of nitrogens with one attached hydrogen (secondary N) is 1. The summed E-state index contributed by atoms with van der Waals surface area (Å²) < 4.78 is 1.85. The number of rotatable bonds is 5. The Kier molecular flexibility index (Phi) is 3.80. The predicted octanol–water partition coefficient (Wildman–Crippen LogP) is 3.25. The van der Waals surface area contributed by atoms with Crippen molar-refractivity contribution in [2.24, 2.45) is 0 Å². The Morgan fingerprint density at radius 1 is 1.29 bits per heavy atom. The molecule has 1 amide bonds. The van der Waals surface area contributed by atoms with Crippen LogP contribution >= 0.6 is 11.3 Å². The summed E-state index contributed by atoms with van der Waals surface area (Å²) in [7, 11) is 0. The number of benzene rings is 1. The molecule has 1 aromatic carbocycles. The van der Waals surface area contributed by atoms with Gasteiger partial charge in [-0.15, -0.1) is 10.2 Å². The van der Waals surface area contributed by atoms with E-state index in [0.29, 0.717) is 18.8 Å². The minimum Gasteiger partial charge on any atom is -0.326 e. The maximum Gasteiger partial charge on any atom is 0.234 e. The Balaban J connectivity index is 1.42. The molecule has 3 aromatic rings. The third-order valence-corrected chi connectivity index (χ3v) is 5.27. The van der Waals surface area contributed by atoms with Gasteiger partial charge in [-0.2, -0.15) is 9.61 Å². The van der Waals surface area contributed by atoms with Gasteiger partial charge in [0.05, 0.1) is 0 Å². The number of carbonyl (C=O) groups is 1. The van der Waals surface area contributed by atoms with Crippen molar-refractivity contribution in [3.8, 4) is 0 Å². The van der Waals surface area contributed by atoms with Gasteiger partial charge in [-0.05, 0) is 37.8 Å². The van der Waals surface area contributed by atoms with E-state index in [1.165, 1.54) is 24.2 Å². The van der Waals surface area contributed by atoms with E-state index >= 15 is 0 Å². The lowest BCUT2D eigenvalue weighted by molar-refractivity contribution is -0.116. The summed E-state index contributed by atoms with van der Waals surface area (Å²) in [4.78, 5) is 13.1. The molecule has 7 heteroatoms. The minimum atomic E-state index is 0.0146. The van der Waals surface area contributed by atoms with Crippen molar-refractivity contribution in [3.05, 3.63) is 40.2 Å². The molecule has 1 aliphatic carbocycles. The summed E-state index contributed by atoms with van der Waals surface area (Å²) in [5.41, 5.74) is 3.07. The fourth-order valence-electron chi connectivity index (χ4n) is 2.80. The van der Waals surface area contributed by atoms with Gasteiger partial charge >= 0.3 is 0 Å². The van der Waals surface area contributed by atoms with Gasteiger partial charge in [-0.1, -0.05) is 29.5 Å². The summed E-state index contributed by atoms with van der Waals surface area (Å²) >= 11 is 1.52. The maximum absolute atomic E-state index is 12.3. The van der Waals surface area contributed by atoms with E-state index in [-0.39, 0.29) is 5.91 Å². The van der Waals surface area contributed by atoms with Crippen LogP contribution in [-0.4, -0.2) is 25.7 Å². The first kappa shape index (κ1) is 15.3. The molecule has 0 unspecified atom stereocenters. The Morgan fingerprint density at radius 2 is 2.04 bits per heavy atom. The molecule has 0 spiro atoms. The fraction of sp³-hybridized carbons (Fsp3) is 0.412. The monoisotopic (exact) mass is 341 g/mol. The van der Waals surface area contributed by atoms with Gasteiger partial charge < -0.3 is 5.32 Å². The van der Waals surface area contributed by atoms with Crippen LogP contribution in [0.25, 0.3) is 4.96 Å². The third kappa shape index (κ3) is 2.91. The van der Waals surface area contributed by atoms with Crippen molar-refractivity contribution in [3.63, 3.8) is 0 Å². The first-order chi connectivity index (χ1) is 11.6. The summed E-state index contributed by atoms with van der Waals surface area (Å²) in [5, 5.41) is 16.9. The molecule has 4 rings (SSSR count). The third-order valence-electron chi connectivity index (χ3n) is 4.31. The molecule has 1 N–H and O–H groups in total. The number of aryl methyl sites for hydroxylation is 3. The zero-order chi connectivity index (χ0) is 16.7. The molecule has 0 saturated heterocycles. The van der Waals surface area contributed by atoms with E-state index in [1.807, 2.05) is 36.6 Å². The van der Waals surface area contributed by atoms with Crippen molar-refractivity contribution in [2.45, 2.75) is 45.4 Å². The average Bonchev–Trinajstić information content (AvgIpc) is 3.19. The van der Waals surface area contributed by atoms with Crippen molar-refractivity contribution in [1.82, 2.24) is 19.8 Å². The van der Waals surface area contributed by atoms with E-state index in [9.17, 15) is 4.79 Å². The topological polar surface area (TPSA) is 72.2 Å². The molecular formula is C17H19N5OS. The van der Waals surface area contributed by atoms with Crippen molar-refractivity contribution in [2.75, 3.05) is 5.32 Å². The second-order valence-corrected chi connectivity index (χ2v) is 7.38. The van der Waals surface area contributed by atoms with Crippen LogP contribution < -0.4 is 5.32 Å². The lowest BCUT2D eigenvalue weighted by Gasteiger charge is -2.10. The first-order valence-corrected chi connectivity index (χ1v) is 9.00. The zero-order valence-electron chi connectivity index (χ0n) is 13.7. The number of aromatic nitrogens is 4. The smallest absolute Gasteiger partial charge is 0.234 e. The molecule has 0 bridgehead atoms. The lowest BCUT2D eigenvalue weighted by Crippen LogP contribution is -2.14. The molecule has 24 heavy (non-hydrogen) atoms. The van der Waals surface area contributed by atoms with Crippen molar-refractivity contribution >= 4 is 27.9 Å².